The van der Waals surface area contributed by atoms with Crippen LogP contribution in [0.5, 0.6) is 5.75 Å². The van der Waals surface area contributed by atoms with Gasteiger partial charge in [0, 0.05) is 44.0 Å². The zero-order chi connectivity index (χ0) is 25.6. The summed E-state index contributed by atoms with van der Waals surface area (Å²) in [6.07, 6.45) is 0. The number of rotatable bonds is 9. The number of nitrogens with one attached hydrogen (secondary N) is 2. The van der Waals surface area contributed by atoms with Gasteiger partial charge < -0.3 is 19.9 Å². The third kappa shape index (κ3) is 7.51. The number of nitrogens with zero attached hydrogens (tertiary/aromatic N) is 2. The van der Waals surface area contributed by atoms with Crippen LogP contribution in [0.1, 0.15) is 29.8 Å². The minimum Gasteiger partial charge on any atom is -0.483 e. The predicted octanol–water partition coefficient (Wildman–Crippen LogP) is 2.33. The quantitative estimate of drug-likeness (QED) is 0.545. The second-order valence-corrected chi connectivity index (χ2v) is 10.9. The molecule has 1 heterocycles. The SMILES string of the molecule is Cc1cc(S(=O)(=O)NCC(C)C)ccc1OCC(=O)Nc1ccc(C(=O)N2CCN(C)CC2)cc1. The van der Waals surface area contributed by atoms with E-state index in [-0.39, 0.29) is 29.2 Å². The molecule has 3 rings (SSSR count). The molecule has 0 aromatic heterocycles. The van der Waals surface area contributed by atoms with Crippen LogP contribution >= 0.6 is 0 Å². The van der Waals surface area contributed by atoms with E-state index in [0.717, 1.165) is 13.1 Å². The van der Waals surface area contributed by atoms with Crippen LogP contribution in [0.4, 0.5) is 5.69 Å². The van der Waals surface area contributed by atoms with E-state index < -0.39 is 10.0 Å². The van der Waals surface area contributed by atoms with E-state index >= 15 is 0 Å². The molecular weight excluding hydrogens is 468 g/mol. The molecule has 2 amide bonds. The summed E-state index contributed by atoms with van der Waals surface area (Å²) in [6, 6.07) is 11.3. The topological polar surface area (TPSA) is 108 Å². The van der Waals surface area contributed by atoms with Crippen LogP contribution in [0.15, 0.2) is 47.4 Å². The Labute approximate surface area is 207 Å². The summed E-state index contributed by atoms with van der Waals surface area (Å²) in [5, 5.41) is 2.74. The number of amides is 2. The lowest BCUT2D eigenvalue weighted by Gasteiger charge is -2.32. The first kappa shape index (κ1) is 26.7. The van der Waals surface area contributed by atoms with Gasteiger partial charge in [-0.25, -0.2) is 13.1 Å². The first-order valence-corrected chi connectivity index (χ1v) is 13.1. The van der Waals surface area contributed by atoms with Gasteiger partial charge in [0.05, 0.1) is 4.90 Å². The number of sulfonamides is 1. The lowest BCUT2D eigenvalue weighted by molar-refractivity contribution is -0.118. The molecule has 0 bridgehead atoms. The molecule has 0 saturated carbocycles. The normalized spacial score (nSPS) is 14.7. The number of carbonyl (C=O) groups is 2. The number of anilines is 1. The van der Waals surface area contributed by atoms with Gasteiger partial charge in [-0.1, -0.05) is 13.8 Å². The highest BCUT2D eigenvalue weighted by atomic mass is 32.2. The molecule has 1 saturated heterocycles. The van der Waals surface area contributed by atoms with Gasteiger partial charge >= 0.3 is 0 Å². The fraction of sp³-hybridized carbons (Fsp3) is 0.440. The van der Waals surface area contributed by atoms with E-state index in [1.165, 1.54) is 12.1 Å². The van der Waals surface area contributed by atoms with Crippen LogP contribution in [0.25, 0.3) is 0 Å². The van der Waals surface area contributed by atoms with Crippen molar-refractivity contribution in [2.45, 2.75) is 25.7 Å². The summed E-state index contributed by atoms with van der Waals surface area (Å²) < 4.78 is 33.0. The minimum absolute atomic E-state index is 0.0142. The largest absolute Gasteiger partial charge is 0.483 e. The summed E-state index contributed by atoms with van der Waals surface area (Å²) in [7, 11) is -1.56. The molecule has 9 nitrogen and oxygen atoms in total. The van der Waals surface area contributed by atoms with Gasteiger partial charge in [0.15, 0.2) is 6.61 Å². The number of likely N-dealkylation sites (N-methyl/N-ethyl adjacent to an activating group) is 1. The van der Waals surface area contributed by atoms with Crippen LogP contribution in [0.3, 0.4) is 0 Å². The van der Waals surface area contributed by atoms with Crippen molar-refractivity contribution >= 4 is 27.5 Å². The molecule has 0 radical (unpaired) electrons. The standard InChI is InChI=1S/C25H34N4O5S/c1-18(2)16-26-35(32,33)22-9-10-23(19(3)15-22)34-17-24(30)27-21-7-5-20(6-8-21)25(31)29-13-11-28(4)12-14-29/h5-10,15,18,26H,11-14,16-17H2,1-4H3,(H,27,30). The highest BCUT2D eigenvalue weighted by Gasteiger charge is 2.20. The Balaban J connectivity index is 1.52. The highest BCUT2D eigenvalue weighted by Crippen LogP contribution is 2.22. The summed E-state index contributed by atoms with van der Waals surface area (Å²) in [5.74, 6) is 0.245. The Morgan fingerprint density at radius 3 is 2.29 bits per heavy atom. The van der Waals surface area contributed by atoms with Crippen molar-refractivity contribution < 1.29 is 22.7 Å². The second kappa shape index (κ2) is 11.7. The molecule has 0 spiro atoms. The molecule has 2 N–H and O–H groups in total. The Hall–Kier alpha value is -2.95. The third-order valence-corrected chi connectivity index (χ3v) is 7.12. The Morgan fingerprint density at radius 1 is 1.03 bits per heavy atom. The molecule has 1 fully saturated rings. The number of hydrogen-bond acceptors (Lipinski definition) is 6. The number of carbonyl (C=O) groups excluding carboxylic acids is 2. The number of benzene rings is 2. The lowest BCUT2D eigenvalue weighted by atomic mass is 10.1. The summed E-state index contributed by atoms with van der Waals surface area (Å²) in [4.78, 5) is 29.2. The molecular formula is C25H34N4O5S. The van der Waals surface area contributed by atoms with Gasteiger partial charge in [-0.05, 0) is 67.9 Å². The van der Waals surface area contributed by atoms with Gasteiger partial charge in [-0.2, -0.15) is 0 Å². The molecule has 1 aliphatic heterocycles. The first-order chi connectivity index (χ1) is 16.5. The predicted molar refractivity (Wildman–Crippen MR) is 135 cm³/mol. The molecule has 35 heavy (non-hydrogen) atoms. The van der Waals surface area contributed by atoms with Gasteiger partial charge in [-0.3, -0.25) is 9.59 Å². The van der Waals surface area contributed by atoms with Crippen molar-refractivity contribution in [3.8, 4) is 5.75 Å². The number of aryl methyl sites for hydroxylation is 1. The van der Waals surface area contributed by atoms with E-state index in [9.17, 15) is 18.0 Å². The zero-order valence-corrected chi connectivity index (χ0v) is 21.5. The Morgan fingerprint density at radius 2 is 1.69 bits per heavy atom. The van der Waals surface area contributed by atoms with E-state index in [4.69, 9.17) is 4.74 Å². The average molecular weight is 503 g/mol. The fourth-order valence-corrected chi connectivity index (χ4v) is 4.84. The van der Waals surface area contributed by atoms with Gasteiger partial charge in [0.2, 0.25) is 10.0 Å². The lowest BCUT2D eigenvalue weighted by Crippen LogP contribution is -2.47. The van der Waals surface area contributed by atoms with Crippen molar-refractivity contribution in [3.05, 3.63) is 53.6 Å². The van der Waals surface area contributed by atoms with E-state index in [1.54, 1.807) is 37.3 Å². The van der Waals surface area contributed by atoms with Crippen LogP contribution < -0.4 is 14.8 Å². The van der Waals surface area contributed by atoms with Gasteiger partial charge in [0.1, 0.15) is 5.75 Å². The molecule has 10 heteroatoms. The van der Waals surface area contributed by atoms with Crippen molar-refractivity contribution in [2.75, 3.05) is 51.7 Å². The summed E-state index contributed by atoms with van der Waals surface area (Å²) in [6.45, 7) is 8.81. The third-order valence-electron chi connectivity index (χ3n) is 5.70. The van der Waals surface area contributed by atoms with E-state index in [2.05, 4.69) is 14.9 Å². The maximum Gasteiger partial charge on any atom is 0.262 e. The molecule has 2 aromatic rings. The maximum absolute atomic E-state index is 12.6. The van der Waals surface area contributed by atoms with Crippen LogP contribution in [0, 0.1) is 12.8 Å². The first-order valence-electron chi connectivity index (χ1n) is 11.7. The van der Waals surface area contributed by atoms with Crippen LogP contribution in [-0.2, 0) is 14.8 Å². The average Bonchev–Trinajstić information content (AvgIpc) is 2.82. The Bertz CT molecular complexity index is 1140. The summed E-state index contributed by atoms with van der Waals surface area (Å²) >= 11 is 0. The van der Waals surface area contributed by atoms with Crippen molar-refractivity contribution in [1.29, 1.82) is 0 Å². The molecule has 2 aromatic carbocycles. The van der Waals surface area contributed by atoms with Crippen molar-refractivity contribution in [3.63, 3.8) is 0 Å². The maximum atomic E-state index is 12.6. The smallest absolute Gasteiger partial charge is 0.262 e. The second-order valence-electron chi connectivity index (χ2n) is 9.18. The zero-order valence-electron chi connectivity index (χ0n) is 20.7. The van der Waals surface area contributed by atoms with Crippen molar-refractivity contribution in [2.24, 2.45) is 5.92 Å². The van der Waals surface area contributed by atoms with Gasteiger partial charge in [0.25, 0.3) is 11.8 Å². The van der Waals surface area contributed by atoms with Gasteiger partial charge in [-0.15, -0.1) is 0 Å². The Kier molecular flexibility index (Phi) is 8.87. The number of piperazine rings is 1. The number of ether oxygens (including phenoxy) is 1. The highest BCUT2D eigenvalue weighted by molar-refractivity contribution is 7.89. The minimum atomic E-state index is -3.60. The van der Waals surface area contributed by atoms with E-state index in [1.807, 2.05) is 25.8 Å². The molecule has 190 valence electrons. The molecule has 1 aliphatic rings. The molecule has 0 unspecified atom stereocenters. The molecule has 0 aliphatic carbocycles. The molecule has 0 atom stereocenters. The monoisotopic (exact) mass is 502 g/mol. The van der Waals surface area contributed by atoms with Crippen LogP contribution in [-0.4, -0.2) is 76.4 Å². The van der Waals surface area contributed by atoms with Crippen LogP contribution in [0.2, 0.25) is 0 Å². The number of hydrogen-bond donors (Lipinski definition) is 2. The van der Waals surface area contributed by atoms with Crippen molar-refractivity contribution in [1.82, 2.24) is 14.5 Å². The fourth-order valence-electron chi connectivity index (χ4n) is 3.54. The summed E-state index contributed by atoms with van der Waals surface area (Å²) in [5.41, 5.74) is 1.75. The van der Waals surface area contributed by atoms with E-state index in [0.29, 0.717) is 42.2 Å².